The number of nitrogens with zero attached hydrogens (tertiary/aromatic N) is 1. The molecule has 3 nitrogen and oxygen atoms in total. The molecule has 0 aromatic heterocycles. The molecule has 0 aliphatic heterocycles. The minimum Gasteiger partial charge on any atom is -0.399 e. The summed E-state index contributed by atoms with van der Waals surface area (Å²) in [5.41, 5.74) is 6.73. The van der Waals surface area contributed by atoms with E-state index in [1.807, 2.05) is 18.2 Å². The molecule has 0 amide bonds. The van der Waals surface area contributed by atoms with Gasteiger partial charge in [-0.1, -0.05) is 12.1 Å². The zero-order chi connectivity index (χ0) is 10.2. The number of benzene rings is 1. The van der Waals surface area contributed by atoms with E-state index in [0.29, 0.717) is 18.5 Å². The Labute approximate surface area is 82.8 Å². The van der Waals surface area contributed by atoms with Crippen molar-refractivity contribution >= 4 is 5.69 Å². The van der Waals surface area contributed by atoms with Crippen LogP contribution in [-0.2, 0) is 5.41 Å². The standard InChI is InChI=1S/C11H12N2O/c12-7-11(5-10(14)6-11)8-2-1-3-9(13)4-8/h1-4,10,14H,5-6,13H2. The molecule has 0 saturated heterocycles. The van der Waals surface area contributed by atoms with Crippen molar-refractivity contribution in [3.8, 4) is 6.07 Å². The number of nitrogen functional groups attached to an aromatic ring is 1. The van der Waals surface area contributed by atoms with Gasteiger partial charge in [0, 0.05) is 5.69 Å². The molecule has 14 heavy (non-hydrogen) atoms. The summed E-state index contributed by atoms with van der Waals surface area (Å²) in [7, 11) is 0. The Hall–Kier alpha value is -1.53. The van der Waals surface area contributed by atoms with E-state index in [0.717, 1.165) is 5.56 Å². The van der Waals surface area contributed by atoms with E-state index in [4.69, 9.17) is 11.0 Å². The first-order valence-electron chi connectivity index (χ1n) is 4.62. The summed E-state index contributed by atoms with van der Waals surface area (Å²) < 4.78 is 0. The smallest absolute Gasteiger partial charge is 0.0872 e. The summed E-state index contributed by atoms with van der Waals surface area (Å²) in [6.07, 6.45) is 0.705. The van der Waals surface area contributed by atoms with Crippen LogP contribution in [0.4, 0.5) is 5.69 Å². The lowest BCUT2D eigenvalue weighted by molar-refractivity contribution is 0.0448. The number of aliphatic hydroxyl groups is 1. The normalized spacial score (nSPS) is 30.4. The van der Waals surface area contributed by atoms with Gasteiger partial charge in [0.1, 0.15) is 0 Å². The molecule has 0 unspecified atom stereocenters. The van der Waals surface area contributed by atoms with Gasteiger partial charge in [0.15, 0.2) is 0 Å². The Balaban J connectivity index is 2.35. The third-order valence-electron chi connectivity index (χ3n) is 2.82. The number of anilines is 1. The monoisotopic (exact) mass is 188 g/mol. The highest BCUT2D eigenvalue weighted by Crippen LogP contribution is 2.43. The SMILES string of the molecule is N#CC1(c2cccc(N)c2)CC(O)C1. The first-order chi connectivity index (χ1) is 6.66. The van der Waals surface area contributed by atoms with Gasteiger partial charge in [0.2, 0.25) is 0 Å². The maximum atomic E-state index is 9.26. The topological polar surface area (TPSA) is 70.0 Å². The number of nitrogens with two attached hydrogens (primary N) is 1. The molecule has 3 heteroatoms. The maximum absolute atomic E-state index is 9.26. The van der Waals surface area contributed by atoms with E-state index in [1.165, 1.54) is 0 Å². The lowest BCUT2D eigenvalue weighted by Crippen LogP contribution is -2.43. The van der Waals surface area contributed by atoms with Gasteiger partial charge in [-0.3, -0.25) is 0 Å². The van der Waals surface area contributed by atoms with Crippen molar-refractivity contribution in [2.75, 3.05) is 5.73 Å². The Bertz CT molecular complexity index is 389. The van der Waals surface area contributed by atoms with E-state index in [-0.39, 0.29) is 6.10 Å². The van der Waals surface area contributed by atoms with Crippen molar-refractivity contribution in [1.82, 2.24) is 0 Å². The van der Waals surface area contributed by atoms with Crippen molar-refractivity contribution in [1.29, 1.82) is 5.26 Å². The summed E-state index contributed by atoms with van der Waals surface area (Å²) in [6.45, 7) is 0. The molecule has 1 aromatic rings. The van der Waals surface area contributed by atoms with Crippen LogP contribution in [0.3, 0.4) is 0 Å². The number of rotatable bonds is 1. The van der Waals surface area contributed by atoms with Gasteiger partial charge in [-0.15, -0.1) is 0 Å². The zero-order valence-corrected chi connectivity index (χ0v) is 7.77. The summed E-state index contributed by atoms with van der Waals surface area (Å²) >= 11 is 0. The third-order valence-corrected chi connectivity index (χ3v) is 2.82. The van der Waals surface area contributed by atoms with Gasteiger partial charge in [-0.2, -0.15) is 5.26 Å². The first kappa shape index (κ1) is 9.04. The highest BCUT2D eigenvalue weighted by Gasteiger charge is 2.45. The van der Waals surface area contributed by atoms with Crippen molar-refractivity contribution in [2.45, 2.75) is 24.4 Å². The molecule has 1 saturated carbocycles. The van der Waals surface area contributed by atoms with Gasteiger partial charge in [-0.25, -0.2) is 0 Å². The van der Waals surface area contributed by atoms with Crippen LogP contribution in [0.5, 0.6) is 0 Å². The van der Waals surface area contributed by atoms with Crippen LogP contribution < -0.4 is 5.73 Å². The number of hydrogen-bond acceptors (Lipinski definition) is 3. The van der Waals surface area contributed by atoms with Crippen LogP contribution in [0.15, 0.2) is 24.3 Å². The second kappa shape index (κ2) is 3.00. The molecule has 72 valence electrons. The molecule has 3 N–H and O–H groups in total. The van der Waals surface area contributed by atoms with E-state index in [2.05, 4.69) is 6.07 Å². The van der Waals surface area contributed by atoms with Gasteiger partial charge in [-0.05, 0) is 30.5 Å². The van der Waals surface area contributed by atoms with E-state index < -0.39 is 5.41 Å². The maximum Gasteiger partial charge on any atom is 0.0872 e. The fraction of sp³-hybridized carbons (Fsp3) is 0.364. The molecule has 0 radical (unpaired) electrons. The van der Waals surface area contributed by atoms with E-state index >= 15 is 0 Å². The quantitative estimate of drug-likeness (QED) is 0.650. The predicted molar refractivity (Wildman–Crippen MR) is 53.4 cm³/mol. The Kier molecular flexibility index (Phi) is 1.94. The largest absolute Gasteiger partial charge is 0.399 e. The number of nitriles is 1. The zero-order valence-electron chi connectivity index (χ0n) is 7.77. The lowest BCUT2D eigenvalue weighted by atomic mass is 9.64. The molecule has 1 aliphatic carbocycles. The van der Waals surface area contributed by atoms with Gasteiger partial charge in [0.05, 0.1) is 17.6 Å². The van der Waals surface area contributed by atoms with Gasteiger partial charge < -0.3 is 10.8 Å². The molecular weight excluding hydrogens is 176 g/mol. The van der Waals surface area contributed by atoms with Crippen LogP contribution in [0.25, 0.3) is 0 Å². The second-order valence-corrected chi connectivity index (χ2v) is 3.88. The highest BCUT2D eigenvalue weighted by atomic mass is 16.3. The second-order valence-electron chi connectivity index (χ2n) is 3.88. The minimum absolute atomic E-state index is 0.337. The van der Waals surface area contributed by atoms with Gasteiger partial charge in [0.25, 0.3) is 0 Å². The van der Waals surface area contributed by atoms with Crippen LogP contribution in [0.1, 0.15) is 18.4 Å². The Morgan fingerprint density at radius 2 is 2.21 bits per heavy atom. The van der Waals surface area contributed by atoms with Crippen molar-refractivity contribution in [3.63, 3.8) is 0 Å². The molecule has 0 bridgehead atoms. The number of aliphatic hydroxyl groups excluding tert-OH is 1. The predicted octanol–water partition coefficient (Wildman–Crippen LogP) is 1.18. The molecule has 2 rings (SSSR count). The minimum atomic E-state index is -0.505. The summed E-state index contributed by atoms with van der Waals surface area (Å²) in [4.78, 5) is 0. The van der Waals surface area contributed by atoms with E-state index in [9.17, 15) is 5.11 Å². The molecule has 1 aliphatic rings. The van der Waals surface area contributed by atoms with Gasteiger partial charge >= 0.3 is 0 Å². The van der Waals surface area contributed by atoms with Crippen LogP contribution in [0.2, 0.25) is 0 Å². The average molecular weight is 188 g/mol. The average Bonchev–Trinajstić information content (AvgIpc) is 2.12. The lowest BCUT2D eigenvalue weighted by Gasteiger charge is -2.40. The molecule has 0 spiro atoms. The number of hydrogen-bond donors (Lipinski definition) is 2. The fourth-order valence-electron chi connectivity index (χ4n) is 1.97. The first-order valence-corrected chi connectivity index (χ1v) is 4.62. The molecule has 1 aromatic carbocycles. The summed E-state index contributed by atoms with van der Waals surface area (Å²) in [6, 6.07) is 9.62. The Morgan fingerprint density at radius 3 is 2.71 bits per heavy atom. The van der Waals surface area contributed by atoms with Crippen LogP contribution >= 0.6 is 0 Å². The Morgan fingerprint density at radius 1 is 1.50 bits per heavy atom. The summed E-state index contributed by atoms with van der Waals surface area (Å²) in [5, 5.41) is 18.4. The van der Waals surface area contributed by atoms with E-state index in [1.54, 1.807) is 6.07 Å². The highest BCUT2D eigenvalue weighted by molar-refractivity contribution is 5.47. The molecule has 0 atom stereocenters. The molecule has 1 fully saturated rings. The summed E-state index contributed by atoms with van der Waals surface area (Å²) in [5.74, 6) is 0. The molecular formula is C11H12N2O. The molecule has 0 heterocycles. The van der Waals surface area contributed by atoms with Crippen LogP contribution in [0, 0.1) is 11.3 Å². The van der Waals surface area contributed by atoms with Crippen molar-refractivity contribution in [3.05, 3.63) is 29.8 Å². The fourth-order valence-corrected chi connectivity index (χ4v) is 1.97. The third kappa shape index (κ3) is 1.24. The van der Waals surface area contributed by atoms with Crippen molar-refractivity contribution < 1.29 is 5.11 Å². The van der Waals surface area contributed by atoms with Crippen LogP contribution in [-0.4, -0.2) is 11.2 Å². The van der Waals surface area contributed by atoms with Crippen molar-refractivity contribution in [2.24, 2.45) is 0 Å².